The second-order valence-corrected chi connectivity index (χ2v) is 7.09. The van der Waals surface area contributed by atoms with Gasteiger partial charge in [-0.1, -0.05) is 11.6 Å². The Morgan fingerprint density at radius 2 is 2.06 bits per heavy atom. The van der Waals surface area contributed by atoms with Crippen LogP contribution in [0.25, 0.3) is 0 Å². The molecule has 0 aliphatic rings. The molecule has 0 saturated carbocycles. The molecule has 82 valence electrons. The Morgan fingerprint density at radius 1 is 1.31 bits per heavy atom. The molecule has 0 aliphatic heterocycles. The molecule has 0 unspecified atom stereocenters. The first-order valence-corrected chi connectivity index (χ1v) is 7.39. The number of carbonyl (C=O) groups is 1. The Balaban J connectivity index is 2.38. The van der Waals surface area contributed by atoms with E-state index in [0.717, 1.165) is 7.36 Å². The molecule has 1 nitrogen and oxygen atoms in total. The smallest absolute Gasteiger partial charge is 0.203 e. The summed E-state index contributed by atoms with van der Waals surface area (Å²) in [5.74, 6) is 0.00833. The molecule has 2 aromatic rings. The minimum atomic E-state index is 0.00833. The van der Waals surface area contributed by atoms with Crippen LogP contribution >= 0.6 is 61.5 Å². The Bertz CT molecular complexity index is 553. The predicted molar refractivity (Wildman–Crippen MR) is 79.6 cm³/mol. The Morgan fingerprint density at radius 3 is 2.62 bits per heavy atom. The number of carbonyl (C=O) groups excluding carboxylic acids is 1. The number of halogens is 3. The zero-order valence-electron chi connectivity index (χ0n) is 7.84. The van der Waals surface area contributed by atoms with E-state index in [0.29, 0.717) is 15.5 Å². The first-order valence-electron chi connectivity index (χ1n) is 4.33. The summed E-state index contributed by atoms with van der Waals surface area (Å²) in [6, 6.07) is 9.02. The van der Waals surface area contributed by atoms with E-state index in [-0.39, 0.29) is 5.78 Å². The molecule has 0 amide bonds. The molecular formula is C11H5BrClIOS. The zero-order valence-corrected chi connectivity index (χ0v) is 13.2. The maximum absolute atomic E-state index is 12.1. The largest absolute Gasteiger partial charge is 0.288 e. The van der Waals surface area contributed by atoms with Gasteiger partial charge in [-0.15, -0.1) is 11.3 Å². The summed E-state index contributed by atoms with van der Waals surface area (Å²) in [6.45, 7) is 0. The molecule has 1 heterocycles. The quantitative estimate of drug-likeness (QED) is 0.487. The van der Waals surface area contributed by atoms with Gasteiger partial charge in [0.25, 0.3) is 0 Å². The van der Waals surface area contributed by atoms with E-state index in [1.165, 1.54) is 11.3 Å². The zero-order chi connectivity index (χ0) is 11.7. The van der Waals surface area contributed by atoms with Crippen molar-refractivity contribution >= 4 is 67.2 Å². The van der Waals surface area contributed by atoms with Crippen LogP contribution in [0.15, 0.2) is 34.1 Å². The molecule has 16 heavy (non-hydrogen) atoms. The number of ketones is 1. The van der Waals surface area contributed by atoms with Gasteiger partial charge in [-0.05, 0) is 68.9 Å². The summed E-state index contributed by atoms with van der Waals surface area (Å²) >= 11 is 12.9. The van der Waals surface area contributed by atoms with Crippen LogP contribution in [0.1, 0.15) is 15.2 Å². The lowest BCUT2D eigenvalue weighted by Gasteiger charge is -2.00. The van der Waals surface area contributed by atoms with E-state index in [4.69, 9.17) is 11.6 Å². The second kappa shape index (κ2) is 5.16. The third kappa shape index (κ3) is 2.67. The fourth-order valence-corrected chi connectivity index (χ4v) is 3.08. The first kappa shape index (κ1) is 12.5. The summed E-state index contributed by atoms with van der Waals surface area (Å²) in [5.41, 5.74) is 0.625. The number of rotatable bonds is 2. The van der Waals surface area contributed by atoms with Crippen molar-refractivity contribution in [3.05, 3.63) is 53.2 Å². The van der Waals surface area contributed by atoms with Crippen molar-refractivity contribution in [3.63, 3.8) is 0 Å². The molecule has 0 saturated heterocycles. The van der Waals surface area contributed by atoms with Crippen LogP contribution in [-0.4, -0.2) is 5.78 Å². The average Bonchev–Trinajstić information content (AvgIpc) is 2.68. The third-order valence-electron chi connectivity index (χ3n) is 1.98. The first-order chi connectivity index (χ1) is 7.58. The standard InChI is InChI=1S/C11H5BrClIOS/c12-10-4-3-9(16-10)11(15)6-1-2-8(14)7(13)5-6/h1-5H. The lowest BCUT2D eigenvalue weighted by Crippen LogP contribution is -1.98. The van der Waals surface area contributed by atoms with E-state index in [1.807, 2.05) is 18.2 Å². The summed E-state index contributed by atoms with van der Waals surface area (Å²) < 4.78 is 1.90. The van der Waals surface area contributed by atoms with Crippen LogP contribution in [0.5, 0.6) is 0 Å². The minimum absolute atomic E-state index is 0.00833. The number of hydrogen-bond acceptors (Lipinski definition) is 2. The fraction of sp³-hybridized carbons (Fsp3) is 0. The normalized spacial score (nSPS) is 10.4. The molecule has 0 bridgehead atoms. The number of thiophene rings is 1. The Kier molecular flexibility index (Phi) is 4.05. The van der Waals surface area contributed by atoms with Gasteiger partial charge in [0.2, 0.25) is 5.78 Å². The molecule has 0 spiro atoms. The van der Waals surface area contributed by atoms with Crippen LogP contribution in [0, 0.1) is 3.57 Å². The summed E-state index contributed by atoms with van der Waals surface area (Å²) in [6.07, 6.45) is 0. The third-order valence-corrected chi connectivity index (χ3v) is 5.17. The molecule has 1 aromatic heterocycles. The maximum atomic E-state index is 12.1. The topological polar surface area (TPSA) is 17.1 Å². The monoisotopic (exact) mass is 426 g/mol. The van der Waals surface area contributed by atoms with Gasteiger partial charge in [-0.25, -0.2) is 0 Å². The maximum Gasteiger partial charge on any atom is 0.203 e. The highest BCUT2D eigenvalue weighted by Crippen LogP contribution is 2.26. The van der Waals surface area contributed by atoms with Gasteiger partial charge in [-0.2, -0.15) is 0 Å². The SMILES string of the molecule is O=C(c1ccc(I)c(Cl)c1)c1ccc(Br)s1. The van der Waals surface area contributed by atoms with Gasteiger partial charge in [0.15, 0.2) is 0 Å². The molecule has 1 aromatic carbocycles. The van der Waals surface area contributed by atoms with Crippen LogP contribution in [0.3, 0.4) is 0 Å². The van der Waals surface area contributed by atoms with E-state index in [9.17, 15) is 4.79 Å². The average molecular weight is 427 g/mol. The predicted octanol–water partition coefficient (Wildman–Crippen LogP) is 5.00. The Labute approximate surface area is 124 Å². The molecule has 0 fully saturated rings. The van der Waals surface area contributed by atoms with Crippen LogP contribution < -0.4 is 0 Å². The van der Waals surface area contributed by atoms with Crippen molar-refractivity contribution in [2.24, 2.45) is 0 Å². The van der Waals surface area contributed by atoms with Crippen molar-refractivity contribution < 1.29 is 4.79 Å². The number of hydrogen-bond donors (Lipinski definition) is 0. The van der Waals surface area contributed by atoms with Gasteiger partial charge in [0.05, 0.1) is 13.7 Å². The molecule has 0 N–H and O–H groups in total. The molecular weight excluding hydrogens is 422 g/mol. The molecule has 0 aliphatic carbocycles. The van der Waals surface area contributed by atoms with Gasteiger partial charge in [0, 0.05) is 9.13 Å². The minimum Gasteiger partial charge on any atom is -0.288 e. The molecule has 2 rings (SSSR count). The van der Waals surface area contributed by atoms with Crippen molar-refractivity contribution in [1.29, 1.82) is 0 Å². The highest BCUT2D eigenvalue weighted by molar-refractivity contribution is 14.1. The lowest BCUT2D eigenvalue weighted by atomic mass is 10.1. The molecule has 0 radical (unpaired) electrons. The van der Waals surface area contributed by atoms with E-state index >= 15 is 0 Å². The van der Waals surface area contributed by atoms with Crippen molar-refractivity contribution in [1.82, 2.24) is 0 Å². The van der Waals surface area contributed by atoms with Gasteiger partial charge >= 0.3 is 0 Å². The van der Waals surface area contributed by atoms with E-state index in [1.54, 1.807) is 12.1 Å². The summed E-state index contributed by atoms with van der Waals surface area (Å²) in [4.78, 5) is 12.8. The van der Waals surface area contributed by atoms with Crippen LogP contribution in [-0.2, 0) is 0 Å². The van der Waals surface area contributed by atoms with Crippen molar-refractivity contribution in [3.8, 4) is 0 Å². The Hall–Kier alpha value is 0.0900. The lowest BCUT2D eigenvalue weighted by molar-refractivity contribution is 0.104. The van der Waals surface area contributed by atoms with Gasteiger partial charge in [-0.3, -0.25) is 4.79 Å². The van der Waals surface area contributed by atoms with Crippen LogP contribution in [0.4, 0.5) is 0 Å². The van der Waals surface area contributed by atoms with Gasteiger partial charge < -0.3 is 0 Å². The van der Waals surface area contributed by atoms with Gasteiger partial charge in [0.1, 0.15) is 0 Å². The highest BCUT2D eigenvalue weighted by Gasteiger charge is 2.12. The highest BCUT2D eigenvalue weighted by atomic mass is 127. The molecule has 5 heteroatoms. The van der Waals surface area contributed by atoms with Crippen molar-refractivity contribution in [2.45, 2.75) is 0 Å². The molecule has 0 atom stereocenters. The van der Waals surface area contributed by atoms with E-state index < -0.39 is 0 Å². The van der Waals surface area contributed by atoms with E-state index in [2.05, 4.69) is 38.5 Å². The summed E-state index contributed by atoms with van der Waals surface area (Å²) in [7, 11) is 0. The second-order valence-electron chi connectivity index (χ2n) is 3.06. The fourth-order valence-electron chi connectivity index (χ4n) is 1.22. The van der Waals surface area contributed by atoms with Crippen LogP contribution in [0.2, 0.25) is 5.02 Å². The number of benzene rings is 1. The summed E-state index contributed by atoms with van der Waals surface area (Å²) in [5, 5.41) is 0.613. The van der Waals surface area contributed by atoms with Crippen molar-refractivity contribution in [2.75, 3.05) is 0 Å².